The van der Waals surface area contributed by atoms with E-state index in [1.165, 1.54) is 0 Å². The fourth-order valence-corrected chi connectivity index (χ4v) is 1.87. The van der Waals surface area contributed by atoms with Gasteiger partial charge in [-0.3, -0.25) is 0 Å². The second-order valence-electron chi connectivity index (χ2n) is 3.56. The van der Waals surface area contributed by atoms with E-state index in [0.717, 1.165) is 12.0 Å². The molecule has 16 heavy (non-hydrogen) atoms. The first-order valence-electron chi connectivity index (χ1n) is 5.00. The van der Waals surface area contributed by atoms with Gasteiger partial charge in [-0.15, -0.1) is 0 Å². The van der Waals surface area contributed by atoms with Gasteiger partial charge in [0.15, 0.2) is 0 Å². The minimum atomic E-state index is -0.301. The summed E-state index contributed by atoms with van der Waals surface area (Å²) in [5.41, 5.74) is 1.31. The normalized spacial score (nSPS) is 19.6. The highest BCUT2D eigenvalue weighted by Gasteiger charge is 2.25. The molecule has 0 N–H and O–H groups in total. The lowest BCUT2D eigenvalue weighted by atomic mass is 10.1. The third-order valence-electron chi connectivity index (χ3n) is 2.46. The largest absolute Gasteiger partial charge is 0.455 e. The maximum absolute atomic E-state index is 11.6. The zero-order valence-corrected chi connectivity index (χ0v) is 10.2. The number of cyclic esters (lactones) is 1. The van der Waals surface area contributed by atoms with Crippen molar-refractivity contribution in [2.45, 2.75) is 19.4 Å². The van der Waals surface area contributed by atoms with Gasteiger partial charge >= 0.3 is 5.97 Å². The SMILES string of the molecule is CCC1C=C(c2ccc(Cl)c(Cl)c2)C(=O)O1. The molecule has 2 rings (SSSR count). The molecule has 0 saturated heterocycles. The first-order valence-corrected chi connectivity index (χ1v) is 5.75. The predicted molar refractivity (Wildman–Crippen MR) is 64.6 cm³/mol. The minimum Gasteiger partial charge on any atom is -0.455 e. The zero-order valence-electron chi connectivity index (χ0n) is 8.67. The van der Waals surface area contributed by atoms with Gasteiger partial charge in [0.05, 0.1) is 15.6 Å². The molecule has 4 heteroatoms. The Kier molecular flexibility index (Phi) is 3.22. The van der Waals surface area contributed by atoms with Crippen molar-refractivity contribution in [3.05, 3.63) is 39.9 Å². The van der Waals surface area contributed by atoms with Crippen molar-refractivity contribution in [3.8, 4) is 0 Å². The molecule has 2 nitrogen and oxygen atoms in total. The fraction of sp³-hybridized carbons (Fsp3) is 0.250. The summed E-state index contributed by atoms with van der Waals surface area (Å²) < 4.78 is 5.14. The third kappa shape index (κ3) is 2.08. The molecule has 1 unspecified atom stereocenters. The molecule has 1 aromatic carbocycles. The Morgan fingerprint density at radius 1 is 1.31 bits per heavy atom. The van der Waals surface area contributed by atoms with Gasteiger partial charge in [-0.2, -0.15) is 0 Å². The van der Waals surface area contributed by atoms with Gasteiger partial charge in [0.25, 0.3) is 0 Å². The van der Waals surface area contributed by atoms with Gasteiger partial charge in [0.2, 0.25) is 0 Å². The predicted octanol–water partition coefficient (Wildman–Crippen LogP) is 3.71. The van der Waals surface area contributed by atoms with Crippen LogP contribution in [0.1, 0.15) is 18.9 Å². The van der Waals surface area contributed by atoms with E-state index in [0.29, 0.717) is 15.6 Å². The number of hydrogen-bond donors (Lipinski definition) is 0. The molecule has 84 valence electrons. The lowest BCUT2D eigenvalue weighted by molar-refractivity contribution is -0.137. The van der Waals surface area contributed by atoms with Crippen LogP contribution in [0, 0.1) is 0 Å². The van der Waals surface area contributed by atoms with Gasteiger partial charge in [0, 0.05) is 0 Å². The summed E-state index contributed by atoms with van der Waals surface area (Å²) in [5.74, 6) is -0.301. The van der Waals surface area contributed by atoms with Gasteiger partial charge in [-0.05, 0) is 30.2 Å². The van der Waals surface area contributed by atoms with Crippen molar-refractivity contribution in [2.75, 3.05) is 0 Å². The van der Waals surface area contributed by atoms with Gasteiger partial charge < -0.3 is 4.74 Å². The van der Waals surface area contributed by atoms with Gasteiger partial charge in [-0.1, -0.05) is 36.2 Å². The topological polar surface area (TPSA) is 26.3 Å². The molecule has 0 bridgehead atoms. The molecule has 0 fully saturated rings. The Morgan fingerprint density at radius 2 is 2.06 bits per heavy atom. The summed E-state index contributed by atoms with van der Waals surface area (Å²) in [6.07, 6.45) is 2.47. The molecule has 0 spiro atoms. The quantitative estimate of drug-likeness (QED) is 0.755. The van der Waals surface area contributed by atoms with Crippen molar-refractivity contribution in [1.29, 1.82) is 0 Å². The Bertz CT molecular complexity index is 466. The molecule has 1 atom stereocenters. The summed E-state index contributed by atoms with van der Waals surface area (Å²) in [4.78, 5) is 11.6. The standard InChI is InChI=1S/C12H10Cl2O2/c1-2-8-6-9(12(15)16-8)7-3-4-10(13)11(14)5-7/h3-6,8H,2H2,1H3. The minimum absolute atomic E-state index is 0.128. The Balaban J connectivity index is 2.37. The monoisotopic (exact) mass is 256 g/mol. The van der Waals surface area contributed by atoms with Crippen molar-refractivity contribution in [2.24, 2.45) is 0 Å². The molecular formula is C12H10Cl2O2. The number of carbonyl (C=O) groups is 1. The van der Waals surface area contributed by atoms with Crippen LogP contribution in [0.25, 0.3) is 5.57 Å². The van der Waals surface area contributed by atoms with Crippen molar-refractivity contribution < 1.29 is 9.53 Å². The van der Waals surface area contributed by atoms with Crippen LogP contribution in [0.4, 0.5) is 0 Å². The Labute approximate surface area is 104 Å². The van der Waals surface area contributed by atoms with E-state index < -0.39 is 0 Å². The molecule has 0 amide bonds. The highest BCUT2D eigenvalue weighted by atomic mass is 35.5. The van der Waals surface area contributed by atoms with Crippen LogP contribution in [0.5, 0.6) is 0 Å². The smallest absolute Gasteiger partial charge is 0.339 e. The van der Waals surface area contributed by atoms with Crippen LogP contribution in [0.3, 0.4) is 0 Å². The lowest BCUT2D eigenvalue weighted by Crippen LogP contribution is -2.06. The van der Waals surface area contributed by atoms with Crippen LogP contribution in [0.15, 0.2) is 24.3 Å². The van der Waals surface area contributed by atoms with E-state index in [4.69, 9.17) is 27.9 Å². The maximum Gasteiger partial charge on any atom is 0.339 e. The Morgan fingerprint density at radius 3 is 2.62 bits per heavy atom. The van der Waals surface area contributed by atoms with Crippen LogP contribution in [-0.4, -0.2) is 12.1 Å². The van der Waals surface area contributed by atoms with Crippen molar-refractivity contribution >= 4 is 34.7 Å². The zero-order chi connectivity index (χ0) is 11.7. The number of carbonyl (C=O) groups excluding carboxylic acids is 1. The summed E-state index contributed by atoms with van der Waals surface area (Å²) in [6.45, 7) is 1.96. The molecule has 0 saturated carbocycles. The number of ether oxygens (including phenoxy) is 1. The first-order chi connectivity index (χ1) is 7.61. The second kappa shape index (κ2) is 4.48. The average molecular weight is 257 g/mol. The number of halogens is 2. The van der Waals surface area contributed by atoms with Gasteiger partial charge in [-0.25, -0.2) is 4.79 Å². The summed E-state index contributed by atoms with van der Waals surface area (Å²) in [5, 5.41) is 0.914. The highest BCUT2D eigenvalue weighted by Crippen LogP contribution is 2.30. The summed E-state index contributed by atoms with van der Waals surface area (Å²) in [6, 6.07) is 5.11. The Hall–Kier alpha value is -0.990. The molecule has 1 aromatic rings. The van der Waals surface area contributed by atoms with E-state index in [-0.39, 0.29) is 12.1 Å². The lowest BCUT2D eigenvalue weighted by Gasteiger charge is -2.03. The first kappa shape index (κ1) is 11.5. The van der Waals surface area contributed by atoms with Crippen LogP contribution in [0.2, 0.25) is 10.0 Å². The molecule has 1 aliphatic rings. The van der Waals surface area contributed by atoms with Crippen LogP contribution < -0.4 is 0 Å². The van der Waals surface area contributed by atoms with Gasteiger partial charge in [0.1, 0.15) is 6.10 Å². The number of hydrogen-bond acceptors (Lipinski definition) is 2. The molecule has 1 aliphatic heterocycles. The average Bonchev–Trinajstić information content (AvgIpc) is 2.64. The van der Waals surface area contributed by atoms with Crippen LogP contribution in [-0.2, 0) is 9.53 Å². The summed E-state index contributed by atoms with van der Waals surface area (Å²) in [7, 11) is 0. The van der Waals surface area contributed by atoms with Crippen molar-refractivity contribution in [1.82, 2.24) is 0 Å². The molecule has 0 aliphatic carbocycles. The van der Waals surface area contributed by atoms with Crippen LogP contribution >= 0.6 is 23.2 Å². The van der Waals surface area contributed by atoms with E-state index in [1.54, 1.807) is 18.2 Å². The molecule has 1 heterocycles. The van der Waals surface area contributed by atoms with Crippen molar-refractivity contribution in [3.63, 3.8) is 0 Å². The van der Waals surface area contributed by atoms with E-state index in [1.807, 2.05) is 13.0 Å². The van der Waals surface area contributed by atoms with E-state index in [2.05, 4.69) is 0 Å². The number of rotatable bonds is 2. The molecule has 0 aromatic heterocycles. The fourth-order valence-electron chi connectivity index (χ4n) is 1.57. The summed E-state index contributed by atoms with van der Waals surface area (Å²) >= 11 is 11.7. The third-order valence-corrected chi connectivity index (χ3v) is 3.20. The number of benzene rings is 1. The number of esters is 1. The second-order valence-corrected chi connectivity index (χ2v) is 4.38. The molecule has 0 radical (unpaired) electrons. The highest BCUT2D eigenvalue weighted by molar-refractivity contribution is 6.42. The molecular weight excluding hydrogens is 247 g/mol. The maximum atomic E-state index is 11.6. The van der Waals surface area contributed by atoms with E-state index >= 15 is 0 Å². The van der Waals surface area contributed by atoms with E-state index in [9.17, 15) is 4.79 Å².